The third-order valence-corrected chi connectivity index (χ3v) is 5.73. The van der Waals surface area contributed by atoms with Gasteiger partial charge in [-0.1, -0.05) is 19.1 Å². The van der Waals surface area contributed by atoms with E-state index in [1.807, 2.05) is 24.3 Å². The van der Waals surface area contributed by atoms with Gasteiger partial charge < -0.3 is 10.3 Å². The van der Waals surface area contributed by atoms with Crippen molar-refractivity contribution in [1.82, 2.24) is 14.5 Å². The number of amides is 1. The van der Waals surface area contributed by atoms with Crippen molar-refractivity contribution in [2.24, 2.45) is 0 Å². The van der Waals surface area contributed by atoms with E-state index in [4.69, 9.17) is 0 Å². The van der Waals surface area contributed by atoms with Crippen molar-refractivity contribution in [1.29, 1.82) is 0 Å². The first-order valence-corrected chi connectivity index (χ1v) is 10.0. The fourth-order valence-corrected chi connectivity index (χ4v) is 4.23. The number of anilines is 1. The summed E-state index contributed by atoms with van der Waals surface area (Å²) in [6.07, 6.45) is 3.16. The minimum absolute atomic E-state index is 0.0908. The van der Waals surface area contributed by atoms with Crippen molar-refractivity contribution in [3.05, 3.63) is 63.6 Å². The molecule has 1 aliphatic heterocycles. The molecule has 0 saturated heterocycles. The van der Waals surface area contributed by atoms with Crippen LogP contribution in [-0.4, -0.2) is 26.9 Å². The molecule has 6 heteroatoms. The number of carbonyl (C=O) groups is 1. The van der Waals surface area contributed by atoms with Crippen molar-refractivity contribution in [2.45, 2.75) is 45.3 Å². The van der Waals surface area contributed by atoms with Crippen LogP contribution < -0.4 is 11.0 Å². The SMILES string of the molecule is CCCN1Cc2cccc(NC(=O)c3ccc4[nH]c(=O)n(C5CC5)c4c3)c2C1. The molecule has 144 valence electrons. The van der Waals surface area contributed by atoms with E-state index in [1.165, 1.54) is 11.1 Å². The summed E-state index contributed by atoms with van der Waals surface area (Å²) in [5.41, 5.74) is 5.46. The lowest BCUT2D eigenvalue weighted by molar-refractivity contribution is 0.102. The van der Waals surface area contributed by atoms with Crippen molar-refractivity contribution in [3.8, 4) is 0 Å². The van der Waals surface area contributed by atoms with Crippen molar-refractivity contribution in [3.63, 3.8) is 0 Å². The first kappa shape index (κ1) is 17.3. The summed E-state index contributed by atoms with van der Waals surface area (Å²) in [4.78, 5) is 30.4. The Morgan fingerprint density at radius 1 is 1.21 bits per heavy atom. The molecule has 2 aromatic carbocycles. The summed E-state index contributed by atoms with van der Waals surface area (Å²) in [6.45, 7) is 5.06. The second kappa shape index (κ2) is 6.63. The van der Waals surface area contributed by atoms with Crippen molar-refractivity contribution >= 4 is 22.6 Å². The zero-order valence-electron chi connectivity index (χ0n) is 16.0. The Bertz CT molecular complexity index is 1120. The Balaban J connectivity index is 1.43. The van der Waals surface area contributed by atoms with Gasteiger partial charge in [0.25, 0.3) is 5.91 Å². The lowest BCUT2D eigenvalue weighted by Crippen LogP contribution is -2.17. The molecule has 2 heterocycles. The summed E-state index contributed by atoms with van der Waals surface area (Å²) in [5.74, 6) is -0.139. The molecule has 28 heavy (non-hydrogen) atoms. The van der Waals surface area contributed by atoms with E-state index in [2.05, 4.69) is 28.2 Å². The van der Waals surface area contributed by atoms with Crippen LogP contribution in [0, 0.1) is 0 Å². The standard InChI is InChI=1S/C22H24N4O2/c1-2-10-25-12-15-4-3-5-18(17(15)13-25)23-21(27)14-6-9-19-20(11-14)26(16-7-8-16)22(28)24-19/h3-6,9,11,16H,2,7-8,10,12-13H2,1H3,(H,23,27)(H,24,28). The molecule has 1 fully saturated rings. The van der Waals surface area contributed by atoms with Crippen molar-refractivity contribution < 1.29 is 4.79 Å². The summed E-state index contributed by atoms with van der Waals surface area (Å²) >= 11 is 0. The zero-order chi connectivity index (χ0) is 19.3. The number of nitrogens with one attached hydrogen (secondary N) is 2. The molecule has 5 rings (SSSR count). The van der Waals surface area contributed by atoms with Crippen LogP contribution in [-0.2, 0) is 13.1 Å². The highest BCUT2D eigenvalue weighted by Crippen LogP contribution is 2.36. The van der Waals surface area contributed by atoms with Crippen LogP contribution in [0.15, 0.2) is 41.2 Å². The Hall–Kier alpha value is -2.86. The third kappa shape index (κ3) is 2.94. The van der Waals surface area contributed by atoms with Crippen LogP contribution in [0.3, 0.4) is 0 Å². The van der Waals surface area contributed by atoms with Crippen LogP contribution in [0.5, 0.6) is 0 Å². The van der Waals surface area contributed by atoms with E-state index in [9.17, 15) is 9.59 Å². The third-order valence-electron chi connectivity index (χ3n) is 5.73. The normalized spacial score (nSPS) is 16.5. The van der Waals surface area contributed by atoms with Gasteiger partial charge in [-0.3, -0.25) is 14.3 Å². The number of imidazole rings is 1. The molecule has 1 saturated carbocycles. The lowest BCUT2D eigenvalue weighted by atomic mass is 10.1. The van der Waals surface area contributed by atoms with E-state index < -0.39 is 0 Å². The molecule has 2 aliphatic rings. The lowest BCUT2D eigenvalue weighted by Gasteiger charge is -2.13. The molecule has 0 radical (unpaired) electrons. The van der Waals surface area contributed by atoms with Gasteiger partial charge in [-0.25, -0.2) is 4.79 Å². The minimum atomic E-state index is -0.139. The molecule has 3 aromatic rings. The smallest absolute Gasteiger partial charge is 0.322 e. The molecule has 6 nitrogen and oxygen atoms in total. The summed E-state index contributed by atoms with van der Waals surface area (Å²) in [5, 5.41) is 3.09. The fourth-order valence-electron chi connectivity index (χ4n) is 4.23. The monoisotopic (exact) mass is 376 g/mol. The number of benzene rings is 2. The van der Waals surface area contributed by atoms with Gasteiger partial charge in [-0.2, -0.15) is 0 Å². The van der Waals surface area contributed by atoms with Gasteiger partial charge in [-0.15, -0.1) is 0 Å². The first-order chi connectivity index (χ1) is 13.6. The number of nitrogens with zero attached hydrogens (tertiary/aromatic N) is 2. The predicted molar refractivity (Wildman–Crippen MR) is 110 cm³/mol. The quantitative estimate of drug-likeness (QED) is 0.714. The Morgan fingerprint density at radius 3 is 2.86 bits per heavy atom. The molecular formula is C22H24N4O2. The van der Waals surface area contributed by atoms with E-state index in [0.717, 1.165) is 55.6 Å². The Morgan fingerprint density at radius 2 is 2.07 bits per heavy atom. The summed E-state index contributed by atoms with van der Waals surface area (Å²) < 4.78 is 1.79. The first-order valence-electron chi connectivity index (χ1n) is 10.0. The second-order valence-corrected chi connectivity index (χ2v) is 7.87. The number of H-pyrrole nitrogens is 1. The number of fused-ring (bicyclic) bond motifs is 2. The zero-order valence-corrected chi connectivity index (χ0v) is 16.0. The number of carbonyl (C=O) groups excluding carboxylic acids is 1. The Kier molecular flexibility index (Phi) is 4.09. The minimum Gasteiger partial charge on any atom is -0.322 e. The number of aromatic amines is 1. The second-order valence-electron chi connectivity index (χ2n) is 7.87. The topological polar surface area (TPSA) is 70.1 Å². The van der Waals surface area contributed by atoms with Gasteiger partial charge in [0, 0.05) is 30.4 Å². The van der Waals surface area contributed by atoms with Gasteiger partial charge in [0.15, 0.2) is 0 Å². The molecule has 1 aliphatic carbocycles. The molecule has 0 spiro atoms. The molecule has 2 N–H and O–H groups in total. The summed E-state index contributed by atoms with van der Waals surface area (Å²) in [6, 6.07) is 11.8. The van der Waals surface area contributed by atoms with Crippen molar-refractivity contribution in [2.75, 3.05) is 11.9 Å². The van der Waals surface area contributed by atoms with E-state index in [-0.39, 0.29) is 17.6 Å². The molecule has 0 atom stereocenters. The maximum absolute atomic E-state index is 12.9. The molecule has 1 aromatic heterocycles. The fraction of sp³-hybridized carbons (Fsp3) is 0.364. The van der Waals surface area contributed by atoms with Crippen LogP contribution in [0.2, 0.25) is 0 Å². The van der Waals surface area contributed by atoms with Gasteiger partial charge in [0.05, 0.1) is 11.0 Å². The highest BCUT2D eigenvalue weighted by Gasteiger charge is 2.27. The van der Waals surface area contributed by atoms with Crippen LogP contribution in [0.25, 0.3) is 11.0 Å². The summed E-state index contributed by atoms with van der Waals surface area (Å²) in [7, 11) is 0. The average molecular weight is 376 g/mol. The van der Waals surface area contributed by atoms with E-state index >= 15 is 0 Å². The largest absolute Gasteiger partial charge is 0.326 e. The predicted octanol–water partition coefficient (Wildman–Crippen LogP) is 3.64. The van der Waals surface area contributed by atoms with E-state index in [1.54, 1.807) is 10.6 Å². The highest BCUT2D eigenvalue weighted by molar-refractivity contribution is 6.06. The van der Waals surface area contributed by atoms with Gasteiger partial charge >= 0.3 is 5.69 Å². The highest BCUT2D eigenvalue weighted by atomic mass is 16.2. The van der Waals surface area contributed by atoms with E-state index in [0.29, 0.717) is 5.56 Å². The van der Waals surface area contributed by atoms with Gasteiger partial charge in [0.2, 0.25) is 0 Å². The molecular weight excluding hydrogens is 352 g/mol. The molecule has 0 bridgehead atoms. The average Bonchev–Trinajstić information content (AvgIpc) is 3.33. The van der Waals surface area contributed by atoms with Crippen LogP contribution in [0.1, 0.15) is 53.7 Å². The van der Waals surface area contributed by atoms with Crippen LogP contribution in [0.4, 0.5) is 5.69 Å². The number of hydrogen-bond acceptors (Lipinski definition) is 3. The number of aromatic nitrogens is 2. The number of hydrogen-bond donors (Lipinski definition) is 2. The number of rotatable bonds is 5. The maximum atomic E-state index is 12.9. The Labute approximate surface area is 163 Å². The van der Waals surface area contributed by atoms with Gasteiger partial charge in [0.1, 0.15) is 0 Å². The molecule has 0 unspecified atom stereocenters. The van der Waals surface area contributed by atoms with Gasteiger partial charge in [-0.05, 0) is 61.2 Å². The van der Waals surface area contributed by atoms with Crippen LogP contribution >= 0.6 is 0 Å². The maximum Gasteiger partial charge on any atom is 0.326 e. The molecule has 1 amide bonds.